The van der Waals surface area contributed by atoms with E-state index in [0.717, 1.165) is 10.2 Å². The van der Waals surface area contributed by atoms with Crippen molar-refractivity contribution in [3.63, 3.8) is 0 Å². The Morgan fingerprint density at radius 3 is 3.00 bits per heavy atom. The van der Waals surface area contributed by atoms with Gasteiger partial charge < -0.3 is 5.73 Å². The van der Waals surface area contributed by atoms with Crippen LogP contribution in [0.5, 0.6) is 0 Å². The smallest absolute Gasteiger partial charge is 0.184 e. The van der Waals surface area contributed by atoms with Gasteiger partial charge in [-0.05, 0) is 40.3 Å². The molecule has 1 aromatic rings. The predicted molar refractivity (Wildman–Crippen MR) is 59.5 cm³/mol. The first kappa shape index (κ1) is 10.1. The molecule has 0 aliphatic carbocycles. The summed E-state index contributed by atoms with van der Waals surface area (Å²) in [6, 6.07) is 3.68. The van der Waals surface area contributed by atoms with E-state index < -0.39 is 0 Å². The van der Waals surface area contributed by atoms with E-state index in [1.54, 1.807) is 6.20 Å². The van der Waals surface area contributed by atoms with Crippen molar-refractivity contribution in [2.45, 2.75) is 0 Å². The number of hydrazone groups is 1. The molecule has 68 valence electrons. The SMILES string of the molecule is NC(=S)NN=Cc1ccc(Br)cn1. The number of nitrogens with two attached hydrogens (primary N) is 1. The van der Waals surface area contributed by atoms with Crippen LogP contribution in [0.4, 0.5) is 0 Å². The van der Waals surface area contributed by atoms with E-state index in [2.05, 4.69) is 43.7 Å². The average Bonchev–Trinajstić information content (AvgIpc) is 2.08. The van der Waals surface area contributed by atoms with Crippen LogP contribution in [0, 0.1) is 0 Å². The summed E-state index contributed by atoms with van der Waals surface area (Å²) in [6.07, 6.45) is 3.22. The highest BCUT2D eigenvalue weighted by Gasteiger charge is 1.89. The fourth-order valence-corrected chi connectivity index (χ4v) is 0.913. The van der Waals surface area contributed by atoms with Crippen LogP contribution in [0.1, 0.15) is 5.69 Å². The largest absolute Gasteiger partial charge is 0.375 e. The molecule has 0 fully saturated rings. The molecular weight excluding hydrogens is 252 g/mol. The average molecular weight is 259 g/mol. The van der Waals surface area contributed by atoms with Gasteiger partial charge in [0.15, 0.2) is 5.11 Å². The zero-order valence-electron chi connectivity index (χ0n) is 6.57. The Balaban J connectivity index is 2.59. The number of aromatic nitrogens is 1. The predicted octanol–water partition coefficient (Wildman–Crippen LogP) is 1.01. The molecule has 0 spiro atoms. The number of hydrogen-bond donors (Lipinski definition) is 2. The fraction of sp³-hybridized carbons (Fsp3) is 0. The van der Waals surface area contributed by atoms with Crippen LogP contribution in [-0.4, -0.2) is 16.3 Å². The number of pyridine rings is 1. The second kappa shape index (κ2) is 4.88. The Morgan fingerprint density at radius 1 is 1.69 bits per heavy atom. The maximum atomic E-state index is 5.16. The van der Waals surface area contributed by atoms with E-state index in [-0.39, 0.29) is 5.11 Å². The van der Waals surface area contributed by atoms with Crippen LogP contribution in [0.15, 0.2) is 27.9 Å². The zero-order valence-corrected chi connectivity index (χ0v) is 8.97. The number of thiocarbonyl (C=S) groups is 1. The van der Waals surface area contributed by atoms with Crippen molar-refractivity contribution in [2.75, 3.05) is 0 Å². The Bertz CT molecular complexity index is 322. The van der Waals surface area contributed by atoms with Gasteiger partial charge in [0, 0.05) is 10.7 Å². The lowest BCUT2D eigenvalue weighted by Gasteiger charge is -1.94. The highest BCUT2D eigenvalue weighted by molar-refractivity contribution is 9.10. The van der Waals surface area contributed by atoms with Crippen molar-refractivity contribution >= 4 is 39.5 Å². The first-order chi connectivity index (χ1) is 6.18. The Labute approximate surface area is 89.4 Å². The molecule has 0 saturated heterocycles. The second-order valence-electron chi connectivity index (χ2n) is 2.14. The summed E-state index contributed by atoms with van der Waals surface area (Å²) in [4.78, 5) is 4.05. The van der Waals surface area contributed by atoms with Crippen molar-refractivity contribution in [1.29, 1.82) is 0 Å². The minimum absolute atomic E-state index is 0.133. The number of nitrogens with one attached hydrogen (secondary N) is 1. The van der Waals surface area contributed by atoms with Gasteiger partial charge in [-0.25, -0.2) is 0 Å². The normalized spacial score (nSPS) is 10.2. The molecule has 1 rings (SSSR count). The fourth-order valence-electron chi connectivity index (χ4n) is 0.626. The maximum absolute atomic E-state index is 5.16. The summed E-state index contributed by atoms with van der Waals surface area (Å²) in [5.74, 6) is 0. The number of nitrogens with zero attached hydrogens (tertiary/aromatic N) is 2. The van der Waals surface area contributed by atoms with Gasteiger partial charge >= 0.3 is 0 Å². The van der Waals surface area contributed by atoms with Gasteiger partial charge in [-0.2, -0.15) is 5.10 Å². The summed E-state index contributed by atoms with van der Waals surface area (Å²) in [7, 11) is 0. The molecule has 0 bridgehead atoms. The highest BCUT2D eigenvalue weighted by Crippen LogP contribution is 2.05. The summed E-state index contributed by atoms with van der Waals surface area (Å²) >= 11 is 7.83. The Hall–Kier alpha value is -1.01. The number of hydrogen-bond acceptors (Lipinski definition) is 3. The second-order valence-corrected chi connectivity index (χ2v) is 3.49. The minimum Gasteiger partial charge on any atom is -0.375 e. The molecular formula is C7H7BrN4S. The van der Waals surface area contributed by atoms with Crippen LogP contribution in [0.2, 0.25) is 0 Å². The quantitative estimate of drug-likeness (QED) is 0.472. The van der Waals surface area contributed by atoms with Crippen LogP contribution >= 0.6 is 28.1 Å². The molecule has 4 nitrogen and oxygen atoms in total. The molecule has 1 aromatic heterocycles. The lowest BCUT2D eigenvalue weighted by molar-refractivity contribution is 1.04. The molecule has 1 heterocycles. The third-order valence-electron chi connectivity index (χ3n) is 1.12. The number of halogens is 1. The molecule has 0 aliphatic heterocycles. The molecule has 6 heteroatoms. The molecule has 0 aromatic carbocycles. The Kier molecular flexibility index (Phi) is 3.78. The van der Waals surface area contributed by atoms with Crippen LogP contribution in [0.25, 0.3) is 0 Å². The van der Waals surface area contributed by atoms with E-state index >= 15 is 0 Å². The van der Waals surface area contributed by atoms with E-state index in [4.69, 9.17) is 5.73 Å². The first-order valence-electron chi connectivity index (χ1n) is 3.38. The standard InChI is InChI=1S/C7H7BrN4S/c8-5-1-2-6(10-3-5)4-11-12-7(9)13/h1-4H,(H3,9,12,13). The van der Waals surface area contributed by atoms with Gasteiger partial charge in [0.1, 0.15) is 0 Å². The number of rotatable bonds is 2. The molecule has 0 unspecified atom stereocenters. The Morgan fingerprint density at radius 2 is 2.46 bits per heavy atom. The minimum atomic E-state index is 0.133. The van der Waals surface area contributed by atoms with Crippen LogP contribution < -0.4 is 11.2 Å². The van der Waals surface area contributed by atoms with E-state index in [1.807, 2.05) is 12.1 Å². The van der Waals surface area contributed by atoms with E-state index in [9.17, 15) is 0 Å². The van der Waals surface area contributed by atoms with Crippen molar-refractivity contribution in [2.24, 2.45) is 10.8 Å². The highest BCUT2D eigenvalue weighted by atomic mass is 79.9. The first-order valence-corrected chi connectivity index (χ1v) is 4.58. The van der Waals surface area contributed by atoms with E-state index in [0.29, 0.717) is 0 Å². The van der Waals surface area contributed by atoms with Gasteiger partial charge in [-0.3, -0.25) is 10.4 Å². The third-order valence-corrected chi connectivity index (χ3v) is 1.68. The maximum Gasteiger partial charge on any atom is 0.184 e. The van der Waals surface area contributed by atoms with Crippen molar-refractivity contribution in [1.82, 2.24) is 10.4 Å². The van der Waals surface area contributed by atoms with Gasteiger partial charge in [0.25, 0.3) is 0 Å². The van der Waals surface area contributed by atoms with Crippen LogP contribution in [0.3, 0.4) is 0 Å². The molecule has 0 saturated carbocycles. The molecule has 3 N–H and O–H groups in total. The van der Waals surface area contributed by atoms with Gasteiger partial charge in [-0.1, -0.05) is 0 Å². The summed E-state index contributed by atoms with van der Waals surface area (Å²) in [5, 5.41) is 3.88. The van der Waals surface area contributed by atoms with Gasteiger partial charge in [-0.15, -0.1) is 0 Å². The molecule has 13 heavy (non-hydrogen) atoms. The topological polar surface area (TPSA) is 63.3 Å². The lowest BCUT2D eigenvalue weighted by Crippen LogP contribution is -2.24. The van der Waals surface area contributed by atoms with Gasteiger partial charge in [0.05, 0.1) is 11.9 Å². The molecule has 0 aliphatic rings. The van der Waals surface area contributed by atoms with Crippen LogP contribution in [-0.2, 0) is 0 Å². The summed E-state index contributed by atoms with van der Waals surface area (Å²) < 4.78 is 0.923. The molecule has 0 amide bonds. The van der Waals surface area contributed by atoms with Crippen molar-refractivity contribution < 1.29 is 0 Å². The van der Waals surface area contributed by atoms with Crippen molar-refractivity contribution in [3.05, 3.63) is 28.5 Å². The molecule has 0 atom stereocenters. The molecule has 0 radical (unpaired) electrons. The lowest BCUT2D eigenvalue weighted by atomic mass is 10.4. The zero-order chi connectivity index (χ0) is 9.68. The monoisotopic (exact) mass is 258 g/mol. The summed E-state index contributed by atoms with van der Waals surface area (Å²) in [6.45, 7) is 0. The van der Waals surface area contributed by atoms with Crippen molar-refractivity contribution in [3.8, 4) is 0 Å². The van der Waals surface area contributed by atoms with E-state index in [1.165, 1.54) is 6.21 Å². The summed E-state index contributed by atoms with van der Waals surface area (Å²) in [5.41, 5.74) is 8.32. The third kappa shape index (κ3) is 3.95. The van der Waals surface area contributed by atoms with Gasteiger partial charge in [0.2, 0.25) is 0 Å².